The van der Waals surface area contributed by atoms with Crippen LogP contribution >= 0.6 is 63.7 Å². The van der Waals surface area contributed by atoms with E-state index >= 15 is 0 Å². The normalized spacial score (nSPS) is 13.9. The molecular weight excluding hydrogens is 2070 g/mol. The van der Waals surface area contributed by atoms with E-state index in [4.69, 9.17) is 37.9 Å². The lowest BCUT2D eigenvalue weighted by Gasteiger charge is -2.29. The SMILES string of the molecule is Fc1ccc(-c2c(OCc3ccc(Br)cc3)c3ccccc3c3cc(N4CCOCC4)ccc23)cc1.Fc1ccc(-c2c(OCc3ccc(Br)cc3)c3ccccc3c3cc(N4CCOCC4)ccc23)cc1.Fc1ccc(-c2c(OCc3ccc(Br)cc3)c3ccccc3c3cc(N4CCOCC4)ccc23)cc1.Fc1ccc(-c2c(OCc3ccc(Br)cc3)c3ccccc3c3cc(N4CCOCC4)ccc23)cc1. The third kappa shape index (κ3) is 21.6. The van der Waals surface area contributed by atoms with E-state index in [-0.39, 0.29) is 23.3 Å². The van der Waals surface area contributed by atoms with Crippen LogP contribution in [0.5, 0.6) is 23.0 Å². The summed E-state index contributed by atoms with van der Waals surface area (Å²) in [6, 6.07) is 119. The Balaban J connectivity index is 0.000000113. The zero-order valence-corrected chi connectivity index (χ0v) is 85.2. The summed E-state index contributed by atoms with van der Waals surface area (Å²) in [4.78, 5) is 9.47. The summed E-state index contributed by atoms with van der Waals surface area (Å²) in [5.41, 5.74) is 16.7. The molecule has 0 aliphatic carbocycles. The second kappa shape index (κ2) is 44.7. The van der Waals surface area contributed by atoms with E-state index in [0.717, 1.165) is 299 Å². The first kappa shape index (κ1) is 96.5. The highest BCUT2D eigenvalue weighted by atomic mass is 79.9. The first-order valence-corrected chi connectivity index (χ1v) is 51.6. The molecule has 4 fully saturated rings. The molecule has 0 saturated carbocycles. The van der Waals surface area contributed by atoms with Crippen LogP contribution in [0.2, 0.25) is 0 Å². The van der Waals surface area contributed by atoms with Gasteiger partial charge in [0.1, 0.15) is 72.7 Å². The fourth-order valence-electron chi connectivity index (χ4n) is 19.8. The van der Waals surface area contributed by atoms with Gasteiger partial charge < -0.3 is 57.5 Å². The molecule has 0 bridgehead atoms. The first-order chi connectivity index (χ1) is 70.7. The van der Waals surface area contributed by atoms with E-state index in [1.807, 2.05) is 121 Å². The van der Waals surface area contributed by atoms with Crippen molar-refractivity contribution in [1.82, 2.24) is 0 Å². The van der Waals surface area contributed by atoms with Gasteiger partial charge in [0.2, 0.25) is 0 Å². The molecule has 0 amide bonds. The fraction of sp³-hybridized carbons (Fsp3) is 0.161. The number of ether oxygens (including phenoxy) is 8. The molecule has 144 heavy (non-hydrogen) atoms. The van der Waals surface area contributed by atoms with Gasteiger partial charge in [0, 0.05) is 137 Å². The van der Waals surface area contributed by atoms with Crippen LogP contribution in [0.15, 0.2) is 382 Å². The van der Waals surface area contributed by atoms with Crippen LogP contribution in [-0.2, 0) is 45.4 Å². The maximum atomic E-state index is 13.9. The van der Waals surface area contributed by atoms with Gasteiger partial charge in [-0.3, -0.25) is 0 Å². The molecule has 4 heterocycles. The van der Waals surface area contributed by atoms with E-state index in [1.54, 1.807) is 0 Å². The Hall–Kier alpha value is -13.6. The molecule has 0 atom stereocenters. The summed E-state index contributed by atoms with van der Waals surface area (Å²) in [5.74, 6) is 2.23. The maximum absolute atomic E-state index is 13.9. The van der Waals surface area contributed by atoms with Crippen LogP contribution in [0.1, 0.15) is 22.3 Å². The van der Waals surface area contributed by atoms with Gasteiger partial charge in [-0.1, -0.05) is 282 Å². The molecule has 20 aromatic rings. The second-order valence-electron chi connectivity index (χ2n) is 36.0. The van der Waals surface area contributed by atoms with Gasteiger partial charge >= 0.3 is 0 Å². The predicted molar refractivity (Wildman–Crippen MR) is 593 cm³/mol. The standard InChI is InChI=1S/4C31H25BrFNO2/c4*32-23-9-5-21(6-10-23)20-36-31-28-4-2-1-3-26(28)29-19-25(34-15-17-35-18-16-34)13-14-27(29)30(31)22-7-11-24(33)12-8-22/h4*1-14,19H,15-18,20H2. The van der Waals surface area contributed by atoms with Gasteiger partial charge in [-0.15, -0.1) is 0 Å². The molecule has 0 spiro atoms. The van der Waals surface area contributed by atoms with Crippen LogP contribution in [0.4, 0.5) is 40.3 Å². The van der Waals surface area contributed by atoms with Crippen molar-refractivity contribution in [2.45, 2.75) is 26.4 Å². The minimum atomic E-state index is -0.254. The number of morpholine rings is 4. The van der Waals surface area contributed by atoms with Crippen molar-refractivity contribution in [3.05, 3.63) is 427 Å². The Morgan fingerprint density at radius 2 is 0.375 bits per heavy atom. The van der Waals surface area contributed by atoms with Gasteiger partial charge in [0.15, 0.2) is 0 Å². The molecule has 20 heteroatoms. The monoisotopic (exact) mass is 2160 g/mol. The van der Waals surface area contributed by atoms with Crippen molar-refractivity contribution >= 4 is 173 Å². The Labute approximate surface area is 867 Å². The van der Waals surface area contributed by atoms with Gasteiger partial charge in [0.05, 0.1) is 52.9 Å². The molecular formula is C124H100Br4F4N4O8. The van der Waals surface area contributed by atoms with Gasteiger partial charge in [-0.25, -0.2) is 17.6 Å². The number of fused-ring (bicyclic) bond motifs is 12. The van der Waals surface area contributed by atoms with E-state index in [1.165, 1.54) is 71.3 Å². The van der Waals surface area contributed by atoms with Gasteiger partial charge in [0.25, 0.3) is 0 Å². The molecule has 12 nitrogen and oxygen atoms in total. The molecule has 0 unspecified atom stereocenters. The summed E-state index contributed by atoms with van der Waals surface area (Å²) in [6.07, 6.45) is 0. The number of hydrogen-bond donors (Lipinski definition) is 0. The number of halogens is 8. The second-order valence-corrected chi connectivity index (χ2v) is 39.7. The molecule has 20 aromatic carbocycles. The van der Waals surface area contributed by atoms with E-state index in [2.05, 4.69) is 277 Å². The zero-order chi connectivity index (χ0) is 97.9. The number of hydrogen-bond acceptors (Lipinski definition) is 12. The van der Waals surface area contributed by atoms with Crippen molar-refractivity contribution in [3.8, 4) is 67.5 Å². The van der Waals surface area contributed by atoms with Crippen molar-refractivity contribution < 1.29 is 55.5 Å². The average molecular weight is 2170 g/mol. The molecule has 0 N–H and O–H groups in total. The molecule has 4 aliphatic rings. The summed E-state index contributed by atoms with van der Waals surface area (Å²) in [6.45, 7) is 14.7. The lowest BCUT2D eigenvalue weighted by atomic mass is 9.91. The molecule has 0 aromatic heterocycles. The van der Waals surface area contributed by atoms with Crippen LogP contribution in [0, 0.1) is 23.3 Å². The van der Waals surface area contributed by atoms with Crippen molar-refractivity contribution in [1.29, 1.82) is 0 Å². The molecule has 24 rings (SSSR count). The lowest BCUT2D eigenvalue weighted by molar-refractivity contribution is 0.122. The number of benzene rings is 20. The smallest absolute Gasteiger partial charge is 0.136 e. The van der Waals surface area contributed by atoms with E-state index in [9.17, 15) is 17.6 Å². The minimum absolute atomic E-state index is 0.254. The van der Waals surface area contributed by atoms with Crippen molar-refractivity contribution in [3.63, 3.8) is 0 Å². The molecule has 4 saturated heterocycles. The highest BCUT2D eigenvalue weighted by molar-refractivity contribution is 9.11. The van der Waals surface area contributed by atoms with Gasteiger partial charge in [-0.2, -0.15) is 0 Å². The Morgan fingerprint density at radius 3 is 0.562 bits per heavy atom. The highest BCUT2D eigenvalue weighted by Gasteiger charge is 2.28. The summed E-state index contributed by atoms with van der Waals surface area (Å²) >= 11 is 14.0. The number of anilines is 4. The van der Waals surface area contributed by atoms with Crippen LogP contribution in [0.25, 0.3) is 131 Å². The Bertz CT molecular complexity index is 7050. The van der Waals surface area contributed by atoms with Crippen LogP contribution in [-0.4, -0.2) is 105 Å². The molecule has 720 valence electrons. The predicted octanol–water partition coefficient (Wildman–Crippen LogP) is 31.9. The number of rotatable bonds is 20. The highest BCUT2D eigenvalue weighted by Crippen LogP contribution is 2.52. The first-order valence-electron chi connectivity index (χ1n) is 48.5. The Morgan fingerprint density at radius 1 is 0.194 bits per heavy atom. The minimum Gasteiger partial charge on any atom is -0.488 e. The van der Waals surface area contributed by atoms with E-state index in [0.29, 0.717) is 26.4 Å². The fourth-order valence-corrected chi connectivity index (χ4v) is 20.9. The lowest BCUT2D eigenvalue weighted by Crippen LogP contribution is -2.36. The summed E-state index contributed by atoms with van der Waals surface area (Å²) < 4.78 is 108. The van der Waals surface area contributed by atoms with Crippen LogP contribution < -0.4 is 38.5 Å². The third-order valence-corrected chi connectivity index (χ3v) is 29.2. The summed E-state index contributed by atoms with van der Waals surface area (Å²) in [5, 5.41) is 17.7. The Kier molecular flexibility index (Phi) is 30.0. The maximum Gasteiger partial charge on any atom is 0.136 e. The topological polar surface area (TPSA) is 86.8 Å². The van der Waals surface area contributed by atoms with Crippen molar-refractivity contribution in [2.24, 2.45) is 0 Å². The zero-order valence-electron chi connectivity index (χ0n) is 78.9. The quantitative estimate of drug-likeness (QED) is 0.0538. The summed E-state index contributed by atoms with van der Waals surface area (Å²) in [7, 11) is 0. The third-order valence-electron chi connectivity index (χ3n) is 27.1. The molecule has 0 radical (unpaired) electrons. The van der Waals surface area contributed by atoms with Crippen molar-refractivity contribution in [2.75, 3.05) is 125 Å². The van der Waals surface area contributed by atoms with Gasteiger partial charge in [-0.05, 0) is 255 Å². The van der Waals surface area contributed by atoms with Crippen LogP contribution in [0.3, 0.4) is 0 Å². The number of nitrogens with zero attached hydrogens (tertiary/aromatic N) is 4. The largest absolute Gasteiger partial charge is 0.488 e. The molecule has 4 aliphatic heterocycles. The average Bonchev–Trinajstić information content (AvgIpc) is 0.750. The van der Waals surface area contributed by atoms with E-state index < -0.39 is 0 Å².